The molecular formula is C18H24AlO. The van der Waals surface area contributed by atoms with Crippen LogP contribution in [-0.2, 0) is 18.0 Å². The van der Waals surface area contributed by atoms with E-state index in [9.17, 15) is 0 Å². The Morgan fingerprint density at radius 2 is 1.10 bits per heavy atom. The highest BCUT2D eigenvalue weighted by Crippen LogP contribution is 2.05. The lowest BCUT2D eigenvalue weighted by Gasteiger charge is -2.03. The van der Waals surface area contributed by atoms with E-state index in [1.54, 1.807) is 0 Å². The highest BCUT2D eigenvalue weighted by Gasteiger charge is 1.93. The first-order chi connectivity index (χ1) is 9.86. The second-order valence-electron chi connectivity index (χ2n) is 4.57. The molecule has 0 unspecified atom stereocenters. The van der Waals surface area contributed by atoms with Crippen LogP contribution in [0.4, 0.5) is 0 Å². The molecule has 1 radical (unpaired) electrons. The van der Waals surface area contributed by atoms with Crippen LogP contribution < -0.4 is 0 Å². The largest absolute Gasteiger partial charge is 0.372 e. The summed E-state index contributed by atoms with van der Waals surface area (Å²) < 4.78 is 5.61. The molecule has 0 aliphatic rings. The molecule has 0 bridgehead atoms. The molecule has 0 fully saturated rings. The molecule has 0 saturated carbocycles. The summed E-state index contributed by atoms with van der Waals surface area (Å²) in [6, 6.07) is 20.4. The molecule has 1 nitrogen and oxygen atoms in total. The van der Waals surface area contributed by atoms with Crippen molar-refractivity contribution in [2.75, 3.05) is 0 Å². The molecule has 0 aliphatic heterocycles. The van der Waals surface area contributed by atoms with E-state index < -0.39 is 0 Å². The van der Waals surface area contributed by atoms with E-state index >= 15 is 0 Å². The summed E-state index contributed by atoms with van der Waals surface area (Å²) in [5.41, 5.74) is 2.43. The molecule has 0 aromatic heterocycles. The molecule has 0 atom stereocenters. The number of hydrogen-bond donors (Lipinski definition) is 0. The van der Waals surface area contributed by atoms with Gasteiger partial charge in [0.05, 0.1) is 13.2 Å². The topological polar surface area (TPSA) is 9.23 Å². The van der Waals surface area contributed by atoms with Gasteiger partial charge in [-0.15, -0.1) is 10.6 Å². The highest BCUT2D eigenvalue weighted by molar-refractivity contribution is 6.34. The van der Waals surface area contributed by atoms with Crippen LogP contribution in [0.2, 0.25) is 10.6 Å². The van der Waals surface area contributed by atoms with Gasteiger partial charge in [0, 0.05) is 0 Å². The fourth-order valence-electron chi connectivity index (χ4n) is 1.72. The van der Waals surface area contributed by atoms with Crippen LogP contribution in [0.15, 0.2) is 60.7 Å². The zero-order valence-electron chi connectivity index (χ0n) is 12.6. The van der Waals surface area contributed by atoms with E-state index in [1.165, 1.54) is 21.7 Å². The SMILES string of the molecule is C[CH2][Al][CH2]C.c1ccc(COCc2ccccc2)cc1. The van der Waals surface area contributed by atoms with Crippen LogP contribution in [-0.4, -0.2) is 15.2 Å². The fourth-order valence-corrected chi connectivity index (χ4v) is 2.30. The smallest absolute Gasteiger partial charge is 0.198 e. The van der Waals surface area contributed by atoms with Gasteiger partial charge in [-0.1, -0.05) is 74.5 Å². The summed E-state index contributed by atoms with van der Waals surface area (Å²) >= 11 is 0.815. The van der Waals surface area contributed by atoms with E-state index in [0.29, 0.717) is 13.2 Å². The maximum atomic E-state index is 5.61. The standard InChI is InChI=1S/C14H14O.2C2H5.Al/c1-3-7-13(8-4-1)11-15-12-14-9-5-2-6-10-14;2*1-2;/h1-10H,11-12H2;2*1H2,2H3;. The van der Waals surface area contributed by atoms with Gasteiger partial charge in [-0.05, 0) is 11.1 Å². The number of benzene rings is 2. The maximum absolute atomic E-state index is 5.61. The van der Waals surface area contributed by atoms with E-state index in [-0.39, 0.29) is 0 Å². The lowest BCUT2D eigenvalue weighted by atomic mass is 10.2. The van der Waals surface area contributed by atoms with E-state index in [4.69, 9.17) is 4.74 Å². The number of ether oxygens (including phenoxy) is 1. The molecule has 0 heterocycles. The summed E-state index contributed by atoms with van der Waals surface area (Å²) in [6.07, 6.45) is 0. The Labute approximate surface area is 129 Å². The van der Waals surface area contributed by atoms with Gasteiger partial charge in [-0.25, -0.2) is 0 Å². The van der Waals surface area contributed by atoms with Crippen LogP contribution >= 0.6 is 0 Å². The number of rotatable bonds is 6. The van der Waals surface area contributed by atoms with Gasteiger partial charge < -0.3 is 4.74 Å². The molecule has 0 amide bonds. The quantitative estimate of drug-likeness (QED) is 0.680. The molecule has 0 saturated heterocycles. The molecule has 2 heteroatoms. The van der Waals surface area contributed by atoms with Crippen molar-refractivity contribution >= 4 is 15.2 Å². The number of hydrogen-bond acceptors (Lipinski definition) is 1. The van der Waals surface area contributed by atoms with Crippen LogP contribution in [0.5, 0.6) is 0 Å². The van der Waals surface area contributed by atoms with Gasteiger partial charge in [0.25, 0.3) is 0 Å². The third-order valence-electron chi connectivity index (χ3n) is 2.80. The average Bonchev–Trinajstić information content (AvgIpc) is 2.51. The minimum absolute atomic E-state index is 0.676. The third-order valence-corrected chi connectivity index (χ3v) is 3.96. The maximum Gasteiger partial charge on any atom is 0.198 e. The monoisotopic (exact) mass is 283 g/mol. The van der Waals surface area contributed by atoms with Crippen molar-refractivity contribution in [1.29, 1.82) is 0 Å². The van der Waals surface area contributed by atoms with E-state index in [2.05, 4.69) is 38.1 Å². The predicted octanol–water partition coefficient (Wildman–Crippen LogP) is 4.97. The van der Waals surface area contributed by atoms with Crippen molar-refractivity contribution in [2.45, 2.75) is 37.6 Å². The van der Waals surface area contributed by atoms with Gasteiger partial charge in [0.2, 0.25) is 0 Å². The van der Waals surface area contributed by atoms with Crippen LogP contribution in [0.25, 0.3) is 0 Å². The van der Waals surface area contributed by atoms with Crippen molar-refractivity contribution in [3.05, 3.63) is 71.8 Å². The summed E-state index contributed by atoms with van der Waals surface area (Å²) in [5.74, 6) is 0. The predicted molar refractivity (Wildman–Crippen MR) is 88.1 cm³/mol. The van der Waals surface area contributed by atoms with Crippen molar-refractivity contribution in [2.24, 2.45) is 0 Å². The normalized spacial score (nSPS) is 9.50. The molecule has 0 spiro atoms. The van der Waals surface area contributed by atoms with Crippen LogP contribution in [0.1, 0.15) is 25.0 Å². The van der Waals surface area contributed by atoms with Gasteiger partial charge in [-0.2, -0.15) is 0 Å². The van der Waals surface area contributed by atoms with Gasteiger partial charge >= 0.3 is 0 Å². The lowest BCUT2D eigenvalue weighted by molar-refractivity contribution is 0.107. The lowest BCUT2D eigenvalue weighted by Crippen LogP contribution is -1.93. The molecule has 2 aromatic rings. The van der Waals surface area contributed by atoms with E-state index in [1.807, 2.05) is 36.4 Å². The Morgan fingerprint density at radius 3 is 1.40 bits per heavy atom. The molecule has 20 heavy (non-hydrogen) atoms. The Balaban J connectivity index is 0.000000347. The minimum atomic E-state index is 0.676. The summed E-state index contributed by atoms with van der Waals surface area (Å²) in [5, 5.41) is 2.85. The second-order valence-corrected chi connectivity index (χ2v) is 6.78. The average molecular weight is 283 g/mol. The molecular weight excluding hydrogens is 259 g/mol. The molecule has 0 N–H and O–H groups in total. The molecule has 0 aliphatic carbocycles. The third kappa shape index (κ3) is 8.17. The van der Waals surface area contributed by atoms with Crippen LogP contribution in [0.3, 0.4) is 0 Å². The molecule has 2 aromatic carbocycles. The fraction of sp³-hybridized carbons (Fsp3) is 0.333. The Bertz CT molecular complexity index is 386. The zero-order chi connectivity index (χ0) is 14.5. The summed E-state index contributed by atoms with van der Waals surface area (Å²) in [7, 11) is 0. The first kappa shape index (κ1) is 17.0. The van der Waals surface area contributed by atoms with Gasteiger partial charge in [0.1, 0.15) is 0 Å². The van der Waals surface area contributed by atoms with Crippen molar-refractivity contribution in [1.82, 2.24) is 0 Å². The Morgan fingerprint density at radius 1 is 0.700 bits per heavy atom. The van der Waals surface area contributed by atoms with Crippen molar-refractivity contribution in [3.63, 3.8) is 0 Å². The highest BCUT2D eigenvalue weighted by atomic mass is 27.1. The van der Waals surface area contributed by atoms with E-state index in [0.717, 1.165) is 15.2 Å². The summed E-state index contributed by atoms with van der Waals surface area (Å²) in [6.45, 7) is 5.85. The van der Waals surface area contributed by atoms with Crippen LogP contribution in [0, 0.1) is 0 Å². The first-order valence-electron chi connectivity index (χ1n) is 7.34. The molecule has 2 rings (SSSR count). The van der Waals surface area contributed by atoms with Gasteiger partial charge in [-0.3, -0.25) is 0 Å². The first-order valence-corrected chi connectivity index (χ1v) is 8.97. The van der Waals surface area contributed by atoms with Gasteiger partial charge in [0.15, 0.2) is 15.2 Å². The second kappa shape index (κ2) is 11.7. The molecule has 105 valence electrons. The van der Waals surface area contributed by atoms with Crippen molar-refractivity contribution < 1.29 is 4.74 Å². The van der Waals surface area contributed by atoms with Crippen molar-refractivity contribution in [3.8, 4) is 0 Å². The minimum Gasteiger partial charge on any atom is -0.372 e. The summed E-state index contributed by atoms with van der Waals surface area (Å²) in [4.78, 5) is 0. The Hall–Kier alpha value is -1.07. The zero-order valence-corrected chi connectivity index (χ0v) is 13.7. The Kier molecular flexibility index (Phi) is 9.97.